The van der Waals surface area contributed by atoms with Gasteiger partial charge in [-0.25, -0.2) is 0 Å². The molecular weight excluding hydrogens is 212 g/mol. The molecule has 0 amide bonds. The highest BCUT2D eigenvalue weighted by molar-refractivity contribution is 8.03. The average molecular weight is 228 g/mol. The highest BCUT2D eigenvalue weighted by Gasteiger charge is 1.94. The maximum Gasteiger partial charge on any atom is 0.00791 e. The van der Waals surface area contributed by atoms with Crippen molar-refractivity contribution in [3.05, 3.63) is 0 Å². The molecule has 4 heteroatoms. The molecule has 0 N–H and O–H groups in total. The average Bonchev–Trinajstić information content (AvgIpc) is 1.96. The summed E-state index contributed by atoms with van der Waals surface area (Å²) in [5, 5.41) is 0.537. The standard InChI is InChI=1S/C7H16S4/c1-7(9)6-11-5-4-10-3-2-8/h7-9H,2-6H2,1H3. The summed E-state index contributed by atoms with van der Waals surface area (Å²) < 4.78 is 0. The SMILES string of the molecule is CC(S)CSCCSCCS. The molecule has 0 nitrogen and oxygen atoms in total. The number of hydrogen-bond donors (Lipinski definition) is 2. The summed E-state index contributed by atoms with van der Waals surface area (Å²) in [6.45, 7) is 2.14. The van der Waals surface area contributed by atoms with Crippen molar-refractivity contribution >= 4 is 48.8 Å². The van der Waals surface area contributed by atoms with E-state index in [1.807, 2.05) is 23.5 Å². The third-order valence-electron chi connectivity index (χ3n) is 0.967. The highest BCUT2D eigenvalue weighted by atomic mass is 32.2. The van der Waals surface area contributed by atoms with Crippen LogP contribution in [0.25, 0.3) is 0 Å². The van der Waals surface area contributed by atoms with Crippen LogP contribution in [-0.4, -0.2) is 34.0 Å². The van der Waals surface area contributed by atoms with Gasteiger partial charge in [0.2, 0.25) is 0 Å². The minimum absolute atomic E-state index is 0.537. The van der Waals surface area contributed by atoms with Gasteiger partial charge in [0, 0.05) is 28.3 Å². The first kappa shape index (κ1) is 12.4. The molecule has 0 radical (unpaired) electrons. The fraction of sp³-hybridized carbons (Fsp3) is 1.00. The van der Waals surface area contributed by atoms with E-state index in [4.69, 9.17) is 0 Å². The van der Waals surface area contributed by atoms with Crippen molar-refractivity contribution in [1.29, 1.82) is 0 Å². The van der Waals surface area contributed by atoms with Crippen LogP contribution in [-0.2, 0) is 0 Å². The molecule has 0 heterocycles. The quantitative estimate of drug-likeness (QED) is 0.508. The third-order valence-corrected chi connectivity index (χ3v) is 4.39. The molecule has 68 valence electrons. The highest BCUT2D eigenvalue weighted by Crippen LogP contribution is 2.10. The van der Waals surface area contributed by atoms with E-state index in [1.165, 1.54) is 23.0 Å². The van der Waals surface area contributed by atoms with Gasteiger partial charge in [0.15, 0.2) is 0 Å². The molecule has 1 atom stereocenters. The molecule has 0 saturated heterocycles. The Morgan fingerprint density at radius 1 is 1.18 bits per heavy atom. The van der Waals surface area contributed by atoms with Gasteiger partial charge in [0.1, 0.15) is 0 Å². The molecule has 0 bridgehead atoms. The monoisotopic (exact) mass is 228 g/mol. The van der Waals surface area contributed by atoms with Gasteiger partial charge in [-0.15, -0.1) is 0 Å². The third kappa shape index (κ3) is 11.4. The normalized spacial score (nSPS) is 13.4. The molecule has 11 heavy (non-hydrogen) atoms. The Kier molecular flexibility index (Phi) is 10.7. The first-order valence-electron chi connectivity index (χ1n) is 3.71. The Morgan fingerprint density at radius 2 is 1.82 bits per heavy atom. The summed E-state index contributed by atoms with van der Waals surface area (Å²) >= 11 is 12.4. The summed E-state index contributed by atoms with van der Waals surface area (Å²) in [7, 11) is 0. The molecule has 0 aliphatic rings. The molecule has 0 aromatic heterocycles. The zero-order valence-electron chi connectivity index (χ0n) is 6.82. The predicted molar refractivity (Wildman–Crippen MR) is 67.0 cm³/mol. The lowest BCUT2D eigenvalue weighted by Gasteiger charge is -2.02. The second-order valence-electron chi connectivity index (χ2n) is 2.26. The minimum atomic E-state index is 0.537. The lowest BCUT2D eigenvalue weighted by molar-refractivity contribution is 1.14. The maximum atomic E-state index is 4.30. The number of thioether (sulfide) groups is 2. The van der Waals surface area contributed by atoms with E-state index in [0.717, 1.165) is 5.75 Å². The second kappa shape index (κ2) is 9.49. The zero-order chi connectivity index (χ0) is 8.53. The molecule has 0 aromatic rings. The van der Waals surface area contributed by atoms with Crippen molar-refractivity contribution < 1.29 is 0 Å². The summed E-state index contributed by atoms with van der Waals surface area (Å²) in [6, 6.07) is 0. The molecule has 0 saturated carbocycles. The van der Waals surface area contributed by atoms with E-state index in [1.54, 1.807) is 0 Å². The van der Waals surface area contributed by atoms with Crippen LogP contribution in [0.1, 0.15) is 6.92 Å². The summed E-state index contributed by atoms with van der Waals surface area (Å²) in [5.74, 6) is 5.86. The topological polar surface area (TPSA) is 0 Å². The zero-order valence-corrected chi connectivity index (χ0v) is 10.2. The van der Waals surface area contributed by atoms with E-state index in [2.05, 4.69) is 32.2 Å². The Morgan fingerprint density at radius 3 is 2.36 bits per heavy atom. The molecule has 0 rings (SSSR count). The Bertz CT molecular complexity index is 74.8. The molecule has 0 fully saturated rings. The second-order valence-corrected chi connectivity index (χ2v) is 5.96. The molecular formula is C7H16S4. The van der Waals surface area contributed by atoms with Gasteiger partial charge in [-0.3, -0.25) is 0 Å². The van der Waals surface area contributed by atoms with Gasteiger partial charge in [-0.1, -0.05) is 6.92 Å². The fourth-order valence-corrected chi connectivity index (χ4v) is 3.03. The van der Waals surface area contributed by atoms with E-state index in [-0.39, 0.29) is 0 Å². The number of hydrogen-bond acceptors (Lipinski definition) is 4. The Hall–Kier alpha value is 1.40. The van der Waals surface area contributed by atoms with E-state index in [0.29, 0.717) is 5.25 Å². The van der Waals surface area contributed by atoms with Crippen LogP contribution >= 0.6 is 48.8 Å². The van der Waals surface area contributed by atoms with Crippen LogP contribution in [0.5, 0.6) is 0 Å². The van der Waals surface area contributed by atoms with Crippen LogP contribution in [0.3, 0.4) is 0 Å². The Balaban J connectivity index is 2.80. The van der Waals surface area contributed by atoms with Crippen LogP contribution in [0.15, 0.2) is 0 Å². The van der Waals surface area contributed by atoms with E-state index >= 15 is 0 Å². The maximum absolute atomic E-state index is 4.30. The molecule has 1 unspecified atom stereocenters. The van der Waals surface area contributed by atoms with Crippen molar-refractivity contribution in [3.63, 3.8) is 0 Å². The van der Waals surface area contributed by atoms with E-state index < -0.39 is 0 Å². The van der Waals surface area contributed by atoms with Crippen molar-refractivity contribution in [2.45, 2.75) is 12.2 Å². The summed E-state index contributed by atoms with van der Waals surface area (Å²) in [6.07, 6.45) is 0. The van der Waals surface area contributed by atoms with Gasteiger partial charge in [-0.2, -0.15) is 48.8 Å². The molecule has 0 aromatic carbocycles. The van der Waals surface area contributed by atoms with Crippen LogP contribution in [0, 0.1) is 0 Å². The van der Waals surface area contributed by atoms with Crippen LogP contribution < -0.4 is 0 Å². The van der Waals surface area contributed by atoms with Crippen molar-refractivity contribution in [2.24, 2.45) is 0 Å². The molecule has 0 aliphatic carbocycles. The number of rotatable bonds is 7. The van der Waals surface area contributed by atoms with Gasteiger partial charge in [0.05, 0.1) is 0 Å². The lowest BCUT2D eigenvalue weighted by atomic mass is 10.6. The van der Waals surface area contributed by atoms with Crippen molar-refractivity contribution in [1.82, 2.24) is 0 Å². The molecule has 0 aliphatic heterocycles. The minimum Gasteiger partial charge on any atom is -0.179 e. The largest absolute Gasteiger partial charge is 0.179 e. The van der Waals surface area contributed by atoms with Gasteiger partial charge >= 0.3 is 0 Å². The van der Waals surface area contributed by atoms with Gasteiger partial charge in [0.25, 0.3) is 0 Å². The first-order valence-corrected chi connectivity index (χ1v) is 7.17. The number of thiol groups is 2. The van der Waals surface area contributed by atoms with Crippen LogP contribution in [0.2, 0.25) is 0 Å². The first-order chi connectivity index (χ1) is 5.27. The van der Waals surface area contributed by atoms with Crippen molar-refractivity contribution in [3.8, 4) is 0 Å². The van der Waals surface area contributed by atoms with E-state index in [9.17, 15) is 0 Å². The smallest absolute Gasteiger partial charge is 0.00791 e. The Labute approximate surface area is 89.5 Å². The predicted octanol–water partition coefficient (Wildman–Crippen LogP) is 2.70. The molecule has 0 spiro atoms. The summed E-state index contributed by atoms with van der Waals surface area (Å²) in [4.78, 5) is 0. The lowest BCUT2D eigenvalue weighted by Crippen LogP contribution is -1.97. The van der Waals surface area contributed by atoms with Gasteiger partial charge < -0.3 is 0 Å². The summed E-state index contributed by atoms with van der Waals surface area (Å²) in [5.41, 5.74) is 0. The van der Waals surface area contributed by atoms with Gasteiger partial charge in [-0.05, 0) is 5.75 Å². The van der Waals surface area contributed by atoms with Crippen LogP contribution in [0.4, 0.5) is 0 Å². The van der Waals surface area contributed by atoms with Crippen molar-refractivity contribution in [2.75, 3.05) is 28.8 Å². The fourth-order valence-electron chi connectivity index (χ4n) is 0.538.